The number of anilines is 1. The van der Waals surface area contributed by atoms with Crippen LogP contribution in [0, 0.1) is 5.82 Å². The lowest BCUT2D eigenvalue weighted by molar-refractivity contribution is 0.474. The van der Waals surface area contributed by atoms with Gasteiger partial charge in [0.2, 0.25) is 5.89 Å². The molecule has 0 aliphatic heterocycles. The number of nitrogen functional groups attached to an aromatic ring is 1. The monoisotopic (exact) mass is 278 g/mol. The molecule has 2 aromatic carbocycles. The Kier molecular flexibility index (Phi) is 2.57. The van der Waals surface area contributed by atoms with E-state index in [-0.39, 0.29) is 22.2 Å². The highest BCUT2D eigenvalue weighted by Crippen LogP contribution is 2.33. The van der Waals surface area contributed by atoms with E-state index >= 15 is 0 Å². The van der Waals surface area contributed by atoms with Gasteiger partial charge in [0.1, 0.15) is 17.1 Å². The summed E-state index contributed by atoms with van der Waals surface area (Å²) in [6.45, 7) is 0. The summed E-state index contributed by atoms with van der Waals surface area (Å²) in [6, 6.07) is 7.10. The van der Waals surface area contributed by atoms with Crippen LogP contribution in [-0.2, 0) is 0 Å². The number of fused-ring (bicyclic) bond motifs is 1. The molecule has 0 aliphatic carbocycles. The Morgan fingerprint density at radius 1 is 1.26 bits per heavy atom. The fourth-order valence-electron chi connectivity index (χ4n) is 1.77. The van der Waals surface area contributed by atoms with Gasteiger partial charge in [-0.25, -0.2) is 9.37 Å². The van der Waals surface area contributed by atoms with Crippen molar-refractivity contribution in [2.75, 3.05) is 5.73 Å². The number of hydrogen-bond acceptors (Lipinski definition) is 4. The zero-order valence-electron chi connectivity index (χ0n) is 9.52. The van der Waals surface area contributed by atoms with Gasteiger partial charge in [0, 0.05) is 17.8 Å². The number of nitrogens with two attached hydrogens (primary N) is 1. The average Bonchev–Trinajstić information content (AvgIpc) is 2.72. The molecule has 0 spiro atoms. The van der Waals surface area contributed by atoms with Gasteiger partial charge in [0.05, 0.1) is 10.6 Å². The summed E-state index contributed by atoms with van der Waals surface area (Å²) in [5.74, 6) is -0.467. The quantitative estimate of drug-likeness (QED) is 0.667. The summed E-state index contributed by atoms with van der Waals surface area (Å²) >= 11 is 5.67. The molecule has 0 aliphatic rings. The van der Waals surface area contributed by atoms with Crippen molar-refractivity contribution < 1.29 is 13.9 Å². The minimum atomic E-state index is -0.585. The van der Waals surface area contributed by atoms with Crippen LogP contribution in [0.3, 0.4) is 0 Å². The third-order valence-corrected chi connectivity index (χ3v) is 2.97. The summed E-state index contributed by atoms with van der Waals surface area (Å²) in [7, 11) is 0. The standard InChI is InChI=1S/C13H8ClFN2O2/c14-8-4-10-12(5-9(8)15)19-13(17-10)7-2-1-6(16)3-11(7)18/h1-5,18H,16H2. The van der Waals surface area contributed by atoms with Crippen molar-refractivity contribution in [2.45, 2.75) is 0 Å². The molecule has 0 fully saturated rings. The van der Waals surface area contributed by atoms with E-state index in [9.17, 15) is 9.50 Å². The van der Waals surface area contributed by atoms with E-state index in [0.29, 0.717) is 16.8 Å². The molecule has 0 saturated heterocycles. The van der Waals surface area contributed by atoms with Gasteiger partial charge in [-0.05, 0) is 18.2 Å². The van der Waals surface area contributed by atoms with Crippen LogP contribution >= 0.6 is 11.6 Å². The highest BCUT2D eigenvalue weighted by Gasteiger charge is 2.14. The number of halogens is 2. The van der Waals surface area contributed by atoms with Crippen molar-refractivity contribution in [3.8, 4) is 17.2 Å². The second kappa shape index (κ2) is 4.13. The Bertz CT molecular complexity index is 747. The number of rotatable bonds is 1. The minimum Gasteiger partial charge on any atom is -0.507 e. The highest BCUT2D eigenvalue weighted by molar-refractivity contribution is 6.31. The molecule has 0 amide bonds. The van der Waals surface area contributed by atoms with E-state index in [4.69, 9.17) is 21.8 Å². The Morgan fingerprint density at radius 3 is 2.79 bits per heavy atom. The Balaban J connectivity index is 2.20. The van der Waals surface area contributed by atoms with Crippen molar-refractivity contribution in [3.63, 3.8) is 0 Å². The van der Waals surface area contributed by atoms with Crippen LogP contribution in [-0.4, -0.2) is 10.1 Å². The maximum atomic E-state index is 13.3. The average molecular weight is 279 g/mol. The van der Waals surface area contributed by atoms with Crippen LogP contribution in [0.25, 0.3) is 22.6 Å². The van der Waals surface area contributed by atoms with Gasteiger partial charge in [-0.3, -0.25) is 0 Å². The number of phenolic OH excluding ortho intramolecular Hbond substituents is 1. The van der Waals surface area contributed by atoms with Gasteiger partial charge < -0.3 is 15.3 Å². The molecule has 1 heterocycles. The first-order valence-corrected chi connectivity index (χ1v) is 5.77. The van der Waals surface area contributed by atoms with Crippen molar-refractivity contribution in [1.29, 1.82) is 0 Å². The topological polar surface area (TPSA) is 72.3 Å². The summed E-state index contributed by atoms with van der Waals surface area (Å²) in [4.78, 5) is 4.16. The summed E-state index contributed by atoms with van der Waals surface area (Å²) in [5, 5.41) is 9.77. The van der Waals surface area contributed by atoms with Crippen LogP contribution in [0.2, 0.25) is 5.02 Å². The van der Waals surface area contributed by atoms with Crippen LogP contribution in [0.4, 0.5) is 10.1 Å². The number of aromatic hydroxyl groups is 1. The fraction of sp³-hybridized carbons (Fsp3) is 0. The molecule has 0 radical (unpaired) electrons. The number of oxazole rings is 1. The first-order chi connectivity index (χ1) is 9.04. The molecule has 3 rings (SSSR count). The largest absolute Gasteiger partial charge is 0.507 e. The lowest BCUT2D eigenvalue weighted by Gasteiger charge is -2.00. The molecule has 3 aromatic rings. The molecule has 96 valence electrons. The molecule has 0 atom stereocenters. The van der Waals surface area contributed by atoms with E-state index in [2.05, 4.69) is 4.98 Å². The highest BCUT2D eigenvalue weighted by atomic mass is 35.5. The molecule has 4 nitrogen and oxygen atoms in total. The van der Waals surface area contributed by atoms with Gasteiger partial charge in [-0.2, -0.15) is 0 Å². The predicted octanol–water partition coefficient (Wildman–Crippen LogP) is 3.58. The molecule has 3 N–H and O–H groups in total. The zero-order chi connectivity index (χ0) is 13.6. The number of nitrogens with zero attached hydrogens (tertiary/aromatic N) is 1. The van der Waals surface area contributed by atoms with E-state index < -0.39 is 5.82 Å². The second-order valence-corrected chi connectivity index (χ2v) is 4.44. The van der Waals surface area contributed by atoms with Gasteiger partial charge in [-0.1, -0.05) is 11.6 Å². The summed E-state index contributed by atoms with van der Waals surface area (Å²) in [5.41, 5.74) is 7.01. The molecule has 6 heteroatoms. The van der Waals surface area contributed by atoms with E-state index in [0.717, 1.165) is 6.07 Å². The smallest absolute Gasteiger partial charge is 0.231 e. The van der Waals surface area contributed by atoms with Crippen molar-refractivity contribution in [1.82, 2.24) is 4.98 Å². The zero-order valence-corrected chi connectivity index (χ0v) is 10.3. The molecular formula is C13H8ClFN2O2. The molecule has 19 heavy (non-hydrogen) atoms. The lowest BCUT2D eigenvalue weighted by atomic mass is 10.2. The molecule has 0 bridgehead atoms. The second-order valence-electron chi connectivity index (χ2n) is 4.03. The van der Waals surface area contributed by atoms with Gasteiger partial charge in [-0.15, -0.1) is 0 Å². The van der Waals surface area contributed by atoms with E-state index in [1.54, 1.807) is 12.1 Å². The van der Waals surface area contributed by atoms with Crippen molar-refractivity contribution in [3.05, 3.63) is 41.2 Å². The Hall–Kier alpha value is -2.27. The number of phenols is 1. The third kappa shape index (κ3) is 1.98. The maximum absolute atomic E-state index is 13.3. The minimum absolute atomic E-state index is 0.0334. The SMILES string of the molecule is Nc1ccc(-c2nc3cc(Cl)c(F)cc3o2)c(O)c1. The normalized spacial score (nSPS) is 11.1. The fourth-order valence-corrected chi connectivity index (χ4v) is 1.93. The van der Waals surface area contributed by atoms with Gasteiger partial charge >= 0.3 is 0 Å². The van der Waals surface area contributed by atoms with Gasteiger partial charge in [0.15, 0.2) is 5.58 Å². The van der Waals surface area contributed by atoms with Crippen LogP contribution in [0.5, 0.6) is 5.75 Å². The third-order valence-electron chi connectivity index (χ3n) is 2.68. The van der Waals surface area contributed by atoms with E-state index in [1.165, 1.54) is 12.1 Å². The molecule has 1 aromatic heterocycles. The van der Waals surface area contributed by atoms with Crippen LogP contribution < -0.4 is 5.73 Å². The first kappa shape index (κ1) is 11.8. The first-order valence-electron chi connectivity index (χ1n) is 5.39. The van der Waals surface area contributed by atoms with Crippen molar-refractivity contribution >= 4 is 28.4 Å². The van der Waals surface area contributed by atoms with Crippen LogP contribution in [0.15, 0.2) is 34.7 Å². The molecular weight excluding hydrogens is 271 g/mol. The van der Waals surface area contributed by atoms with Crippen LogP contribution in [0.1, 0.15) is 0 Å². The summed E-state index contributed by atoms with van der Waals surface area (Å²) in [6.07, 6.45) is 0. The van der Waals surface area contributed by atoms with E-state index in [1.807, 2.05) is 0 Å². The van der Waals surface area contributed by atoms with Gasteiger partial charge in [0.25, 0.3) is 0 Å². The Morgan fingerprint density at radius 2 is 2.05 bits per heavy atom. The number of benzene rings is 2. The molecule has 0 unspecified atom stereocenters. The Labute approximate surface area is 112 Å². The lowest BCUT2D eigenvalue weighted by Crippen LogP contribution is -1.85. The van der Waals surface area contributed by atoms with Crippen molar-refractivity contribution in [2.24, 2.45) is 0 Å². The molecule has 0 saturated carbocycles. The maximum Gasteiger partial charge on any atom is 0.231 e. The summed E-state index contributed by atoms with van der Waals surface area (Å²) < 4.78 is 18.7. The number of hydrogen-bond donors (Lipinski definition) is 2. The number of aromatic nitrogens is 1. The predicted molar refractivity (Wildman–Crippen MR) is 70.5 cm³/mol.